The summed E-state index contributed by atoms with van der Waals surface area (Å²) in [5.74, 6) is 0. The van der Waals surface area contributed by atoms with Crippen molar-refractivity contribution >= 4 is 92.7 Å². The fourth-order valence-electron chi connectivity index (χ4n) is 15.2. The van der Waals surface area contributed by atoms with E-state index in [4.69, 9.17) is 39.9 Å². The standard InChI is InChI=1S/C88H70N8.2Zn/c1-47-29-48(2)36-59(35-47)81-65-13-17-69(89-65)83(61-39-51(5)31-52(6)40-61)73-21-25-77(93-73)87(78-26-22-74(94-78)84(70-18-14-66(81)90-70)62-41-53(7)32-54(8)42-62)88-79-27-23-75(95-79)85(63-43-55(9)33-56(10)44-63)71-19-15-67(91-71)82(60-37-49(3)30-50(4)38-60)68-16-20-72(92-68)86(76-24-28-80(88)96-76)64-45-57(11)34-58(12)46-64;;/h13-46H,1-12H3;;/q-4;2*+2. The monoisotopic (exact) mass is 1370 g/mol. The molecule has 4 aliphatic heterocycles. The second-order valence-corrected chi connectivity index (χ2v) is 27.0. The molecular formula is C88H70N8Zn2. The number of hydrogen-bond acceptors (Lipinski definition) is 4. The van der Waals surface area contributed by atoms with Crippen molar-refractivity contribution in [1.82, 2.24) is 39.9 Å². The average Bonchev–Trinajstić information content (AvgIpc) is 1.60. The molecule has 0 aliphatic carbocycles. The predicted octanol–water partition coefficient (Wildman–Crippen LogP) is 21.5. The van der Waals surface area contributed by atoms with Gasteiger partial charge >= 0.3 is 39.0 Å². The Morgan fingerprint density at radius 3 is 0.439 bits per heavy atom. The fourth-order valence-corrected chi connectivity index (χ4v) is 15.2. The first-order chi connectivity index (χ1) is 46.4. The van der Waals surface area contributed by atoms with Crippen LogP contribution in [0.1, 0.15) is 112 Å². The van der Waals surface area contributed by atoms with E-state index in [-0.39, 0.29) is 39.0 Å². The van der Waals surface area contributed by atoms with Gasteiger partial charge in [0.2, 0.25) is 0 Å². The molecule has 0 atom stereocenters. The smallest absolute Gasteiger partial charge is 0.657 e. The van der Waals surface area contributed by atoms with Crippen molar-refractivity contribution in [2.75, 3.05) is 0 Å². The van der Waals surface area contributed by atoms with Crippen LogP contribution in [-0.4, -0.2) is 19.9 Å². The number of aromatic nitrogens is 8. The van der Waals surface area contributed by atoms with Crippen molar-refractivity contribution in [2.45, 2.75) is 83.1 Å². The maximum absolute atomic E-state index is 5.86. The number of nitrogens with zero attached hydrogens (tertiary/aromatic N) is 8. The fraction of sp³-hybridized carbons (Fsp3) is 0.136. The van der Waals surface area contributed by atoms with Gasteiger partial charge in [0.05, 0.1) is 45.6 Å². The molecule has 10 heterocycles. The Labute approximate surface area is 598 Å². The van der Waals surface area contributed by atoms with Gasteiger partial charge in [-0.15, -0.1) is 44.1 Å². The number of aryl methyl sites for hydroxylation is 12. The minimum absolute atomic E-state index is 0. The van der Waals surface area contributed by atoms with Crippen LogP contribution in [0.4, 0.5) is 0 Å². The summed E-state index contributed by atoms with van der Waals surface area (Å²) < 4.78 is 0. The molecule has 0 N–H and O–H groups in total. The average molecular weight is 1370 g/mol. The Morgan fingerprint density at radius 1 is 0.173 bits per heavy atom. The Balaban J connectivity index is 0.00000411. The molecule has 6 aromatic carbocycles. The van der Waals surface area contributed by atoms with Crippen LogP contribution in [0.5, 0.6) is 0 Å². The molecule has 0 unspecified atom stereocenters. The van der Waals surface area contributed by atoms with Crippen molar-refractivity contribution in [3.05, 3.63) is 270 Å². The van der Waals surface area contributed by atoms with Crippen LogP contribution >= 0.6 is 0 Å². The Hall–Kier alpha value is -10.2. The van der Waals surface area contributed by atoms with Crippen molar-refractivity contribution in [1.29, 1.82) is 0 Å². The van der Waals surface area contributed by atoms with E-state index in [1.165, 1.54) is 0 Å². The van der Waals surface area contributed by atoms with E-state index in [2.05, 4.69) is 289 Å². The summed E-state index contributed by atoms with van der Waals surface area (Å²) in [6, 6.07) is 57.4. The van der Waals surface area contributed by atoms with E-state index in [1.807, 2.05) is 0 Å². The van der Waals surface area contributed by atoms with Gasteiger partial charge in [0.1, 0.15) is 0 Å². The molecule has 10 heteroatoms. The van der Waals surface area contributed by atoms with Crippen LogP contribution in [0.2, 0.25) is 0 Å². The van der Waals surface area contributed by atoms with Gasteiger partial charge in [-0.05, 0) is 210 Å². The molecule has 0 amide bonds. The predicted molar refractivity (Wildman–Crippen MR) is 402 cm³/mol. The zero-order chi connectivity index (χ0) is 65.9. The molecule has 0 saturated carbocycles. The van der Waals surface area contributed by atoms with Crippen LogP contribution < -0.4 is 19.9 Å². The number of hydrogen-bond donors (Lipinski definition) is 0. The molecule has 4 aliphatic rings. The van der Waals surface area contributed by atoms with Crippen LogP contribution in [0.3, 0.4) is 0 Å². The summed E-state index contributed by atoms with van der Waals surface area (Å²) in [6.45, 7) is 25.9. The summed E-state index contributed by atoms with van der Waals surface area (Å²) in [5, 5.41) is 0. The third-order valence-electron chi connectivity index (χ3n) is 18.5. The SMILES string of the molecule is Cc1cc(C)cc(-c2c3nc(c(-c4cc(C)cc(C)c4)c4ccc([n-]4)c(-c4c5nc(c(-c6cc(C)cc(C)c6)c6ccc([n-]6)c(-c6cc(C)cc(C)c6)c6nc(c(-c7cc(C)cc(C)c7)c7ccc4[n-]7)C=C6)C=C5)c4nc(c(-c5cc(C)cc(C)c5)c5ccc2[n-]5)C=C4)C=C3)c1.[Zn+2].[Zn+2]. The van der Waals surface area contributed by atoms with Gasteiger partial charge in [-0.1, -0.05) is 224 Å². The maximum atomic E-state index is 5.86. The Bertz CT molecular complexity index is 5290. The summed E-state index contributed by atoms with van der Waals surface area (Å²) in [4.78, 5) is 46.1. The molecule has 6 aromatic heterocycles. The summed E-state index contributed by atoms with van der Waals surface area (Å²) in [6.07, 6.45) is 17.2. The van der Waals surface area contributed by atoms with Gasteiger partial charge < -0.3 is 19.9 Å². The molecule has 16 bridgehead atoms. The van der Waals surface area contributed by atoms with Crippen LogP contribution in [-0.2, 0) is 39.0 Å². The largest absolute Gasteiger partial charge is 2.00 e. The molecular weight excluding hydrogens is 1300 g/mol. The zero-order valence-corrected chi connectivity index (χ0v) is 63.6. The minimum atomic E-state index is 0. The molecule has 12 aromatic rings. The molecule has 0 radical (unpaired) electrons. The quantitative estimate of drug-likeness (QED) is 0.145. The van der Waals surface area contributed by atoms with Crippen LogP contribution in [0.15, 0.2) is 158 Å². The van der Waals surface area contributed by atoms with Crippen LogP contribution in [0, 0.1) is 83.1 Å². The third-order valence-corrected chi connectivity index (χ3v) is 18.5. The van der Waals surface area contributed by atoms with Gasteiger partial charge in [-0.3, -0.25) is 0 Å². The topological polar surface area (TPSA) is 108 Å². The normalized spacial score (nSPS) is 12.2. The molecule has 466 valence electrons. The Morgan fingerprint density at radius 2 is 0.296 bits per heavy atom. The van der Waals surface area contributed by atoms with Gasteiger partial charge in [-0.2, -0.15) is 0 Å². The van der Waals surface area contributed by atoms with Crippen molar-refractivity contribution in [3.63, 3.8) is 0 Å². The first kappa shape index (κ1) is 65.1. The van der Waals surface area contributed by atoms with Crippen molar-refractivity contribution in [2.24, 2.45) is 0 Å². The first-order valence-electron chi connectivity index (χ1n) is 33.0. The van der Waals surface area contributed by atoms with Crippen molar-refractivity contribution in [3.8, 4) is 77.9 Å². The van der Waals surface area contributed by atoms with Crippen molar-refractivity contribution < 1.29 is 39.0 Å². The number of benzene rings is 6. The van der Waals surface area contributed by atoms with E-state index in [9.17, 15) is 0 Å². The molecule has 0 spiro atoms. The summed E-state index contributed by atoms with van der Waals surface area (Å²) >= 11 is 0. The van der Waals surface area contributed by atoms with E-state index in [0.29, 0.717) is 22.4 Å². The van der Waals surface area contributed by atoms with E-state index in [1.54, 1.807) is 0 Å². The van der Waals surface area contributed by atoms with Gasteiger partial charge in [0, 0.05) is 0 Å². The molecule has 0 fully saturated rings. The Kier molecular flexibility index (Phi) is 17.0. The van der Waals surface area contributed by atoms with Gasteiger partial charge in [0.15, 0.2) is 0 Å². The second-order valence-electron chi connectivity index (χ2n) is 27.0. The third kappa shape index (κ3) is 12.1. The van der Waals surface area contributed by atoms with E-state index >= 15 is 0 Å². The summed E-state index contributed by atoms with van der Waals surface area (Å²) in [5.41, 5.74) is 39.4. The molecule has 0 saturated heterocycles. The van der Waals surface area contributed by atoms with Gasteiger partial charge in [-0.25, -0.2) is 19.9 Å². The van der Waals surface area contributed by atoms with E-state index in [0.717, 1.165) is 212 Å². The first-order valence-corrected chi connectivity index (χ1v) is 33.0. The minimum Gasteiger partial charge on any atom is -0.657 e. The molecule has 98 heavy (non-hydrogen) atoms. The second kappa shape index (κ2) is 25.6. The molecule has 16 rings (SSSR count). The zero-order valence-electron chi connectivity index (χ0n) is 57.6. The number of fused-ring (bicyclic) bond motifs is 16. The maximum Gasteiger partial charge on any atom is 2.00 e. The van der Waals surface area contributed by atoms with Crippen LogP contribution in [0.25, 0.3) is 171 Å². The molecule has 8 nitrogen and oxygen atoms in total. The summed E-state index contributed by atoms with van der Waals surface area (Å²) in [7, 11) is 0. The van der Waals surface area contributed by atoms with Gasteiger partial charge in [0.25, 0.3) is 0 Å². The number of rotatable bonds is 7. The van der Waals surface area contributed by atoms with E-state index < -0.39 is 0 Å².